The summed E-state index contributed by atoms with van der Waals surface area (Å²) in [5.41, 5.74) is 6.65. The summed E-state index contributed by atoms with van der Waals surface area (Å²) in [7, 11) is 0. The number of carbonyl (C=O) groups excluding carboxylic acids is 1. The highest BCUT2D eigenvalue weighted by atomic mass is 19.4. The number of halogens is 8. The predicted octanol–water partition coefficient (Wildman–Crippen LogP) is 4.76. The van der Waals surface area contributed by atoms with E-state index in [1.54, 1.807) is 0 Å². The van der Waals surface area contributed by atoms with Crippen LogP contribution < -0.4 is 16.8 Å². The molecule has 2 amide bonds. The maximum Gasteiger partial charge on any atom is 0.419 e. The number of nitrogen functional groups attached to an aromatic ring is 1. The number of alkyl halides is 6. The molecule has 12 heteroatoms. The molecule has 2 aromatic carbocycles. The van der Waals surface area contributed by atoms with E-state index < -0.39 is 41.1 Å². The van der Waals surface area contributed by atoms with Crippen molar-refractivity contribution in [3.05, 3.63) is 59.2 Å². The molecule has 0 aliphatic carbocycles. The Morgan fingerprint density at radius 1 is 0.815 bits per heavy atom. The normalized spacial score (nSPS) is 11.4. The molecule has 0 aliphatic rings. The minimum absolute atomic E-state index is 0.108. The van der Waals surface area contributed by atoms with Gasteiger partial charge in [-0.15, -0.1) is 0 Å². The Bertz CT molecular complexity index is 818. The van der Waals surface area contributed by atoms with E-state index in [9.17, 15) is 39.9 Å². The highest BCUT2D eigenvalue weighted by Gasteiger charge is 2.34. The molecule has 0 aromatic heterocycles. The fourth-order valence-electron chi connectivity index (χ4n) is 1.72. The molecule has 4 nitrogen and oxygen atoms in total. The Balaban J connectivity index is 0.000000277. The average Bonchev–Trinajstić information content (AvgIpc) is 2.49. The standard InChI is InChI=1S/C8H6F4N2O.C7H5F4N/c9-6-2-1-4(14-7(13)15)3-5(6)8(10,11)12;8-6-2-1-4(12)3-5(6)7(9,10)11/h1-3H,(H3,13,14,15);1-3H,12H2. The molecule has 0 saturated carbocycles. The molecular weight excluding hydrogens is 390 g/mol. The van der Waals surface area contributed by atoms with Crippen LogP contribution in [-0.4, -0.2) is 6.03 Å². The van der Waals surface area contributed by atoms with E-state index >= 15 is 0 Å². The second-order valence-corrected chi connectivity index (χ2v) is 4.92. The van der Waals surface area contributed by atoms with Crippen molar-refractivity contribution in [3.8, 4) is 0 Å². The third-order valence-electron chi connectivity index (χ3n) is 2.84. The molecule has 0 atom stereocenters. The first-order valence-corrected chi connectivity index (χ1v) is 6.77. The lowest BCUT2D eigenvalue weighted by Gasteiger charge is -2.09. The summed E-state index contributed by atoms with van der Waals surface area (Å²) in [6.07, 6.45) is -9.49. The second kappa shape index (κ2) is 8.10. The summed E-state index contributed by atoms with van der Waals surface area (Å²) >= 11 is 0. The maximum atomic E-state index is 12.7. The van der Waals surface area contributed by atoms with Gasteiger partial charge in [-0.3, -0.25) is 0 Å². The number of nitrogens with two attached hydrogens (primary N) is 2. The first-order chi connectivity index (χ1) is 12.2. The van der Waals surface area contributed by atoms with Crippen LogP contribution in [0.15, 0.2) is 36.4 Å². The number of nitrogens with one attached hydrogen (secondary N) is 1. The zero-order valence-electron chi connectivity index (χ0n) is 13.1. The summed E-state index contributed by atoms with van der Waals surface area (Å²) in [6.45, 7) is 0. The van der Waals surface area contributed by atoms with Crippen LogP contribution in [0.25, 0.3) is 0 Å². The minimum atomic E-state index is -4.81. The van der Waals surface area contributed by atoms with Gasteiger partial charge in [-0.05, 0) is 36.4 Å². The molecule has 0 bridgehead atoms. The predicted molar refractivity (Wildman–Crippen MR) is 80.4 cm³/mol. The zero-order chi connectivity index (χ0) is 21.0. The molecule has 0 saturated heterocycles. The van der Waals surface area contributed by atoms with Gasteiger partial charge < -0.3 is 16.8 Å². The summed E-state index contributed by atoms with van der Waals surface area (Å²) in [5.74, 6) is -2.71. The van der Waals surface area contributed by atoms with Crippen molar-refractivity contribution in [2.75, 3.05) is 11.1 Å². The van der Waals surface area contributed by atoms with Crippen LogP contribution >= 0.6 is 0 Å². The average molecular weight is 401 g/mol. The lowest BCUT2D eigenvalue weighted by atomic mass is 10.2. The van der Waals surface area contributed by atoms with Crippen molar-refractivity contribution in [2.45, 2.75) is 12.4 Å². The van der Waals surface area contributed by atoms with Gasteiger partial charge in [-0.25, -0.2) is 13.6 Å². The van der Waals surface area contributed by atoms with E-state index in [4.69, 9.17) is 11.5 Å². The molecule has 0 fully saturated rings. The smallest absolute Gasteiger partial charge is 0.399 e. The van der Waals surface area contributed by atoms with E-state index in [0.29, 0.717) is 24.3 Å². The molecule has 148 valence electrons. The SMILES string of the molecule is NC(=O)Nc1ccc(F)c(C(F)(F)F)c1.Nc1ccc(F)c(C(F)(F)F)c1. The van der Waals surface area contributed by atoms with E-state index in [1.807, 2.05) is 5.32 Å². The van der Waals surface area contributed by atoms with Crippen molar-refractivity contribution >= 4 is 17.4 Å². The van der Waals surface area contributed by atoms with Gasteiger partial charge in [0.15, 0.2) is 0 Å². The quantitative estimate of drug-likeness (QED) is 0.476. The van der Waals surface area contributed by atoms with Gasteiger partial charge in [0, 0.05) is 11.4 Å². The highest BCUT2D eigenvalue weighted by molar-refractivity contribution is 5.87. The first kappa shape index (κ1) is 22.0. The minimum Gasteiger partial charge on any atom is -0.399 e. The fourth-order valence-corrected chi connectivity index (χ4v) is 1.72. The third-order valence-corrected chi connectivity index (χ3v) is 2.84. The number of amides is 2. The molecule has 2 rings (SSSR count). The van der Waals surface area contributed by atoms with Gasteiger partial charge in [0.2, 0.25) is 0 Å². The van der Waals surface area contributed by atoms with Crippen LogP contribution in [0.3, 0.4) is 0 Å². The van der Waals surface area contributed by atoms with E-state index in [2.05, 4.69) is 0 Å². The third kappa shape index (κ3) is 6.64. The van der Waals surface area contributed by atoms with Crippen molar-refractivity contribution in [1.82, 2.24) is 0 Å². The Morgan fingerprint density at radius 3 is 1.67 bits per heavy atom. The van der Waals surface area contributed by atoms with Gasteiger partial charge in [-0.1, -0.05) is 0 Å². The number of hydrogen-bond donors (Lipinski definition) is 3. The molecule has 0 heterocycles. The van der Waals surface area contributed by atoms with Crippen LogP contribution in [-0.2, 0) is 12.4 Å². The Labute approximate surface area is 146 Å². The van der Waals surface area contributed by atoms with Gasteiger partial charge in [-0.2, -0.15) is 26.3 Å². The van der Waals surface area contributed by atoms with Crippen LogP contribution in [0.2, 0.25) is 0 Å². The van der Waals surface area contributed by atoms with Crippen molar-refractivity contribution in [1.29, 1.82) is 0 Å². The largest absolute Gasteiger partial charge is 0.419 e. The first-order valence-electron chi connectivity index (χ1n) is 6.77. The molecular formula is C15H11F8N3O. The molecule has 5 N–H and O–H groups in total. The maximum absolute atomic E-state index is 12.7. The molecule has 0 spiro atoms. The van der Waals surface area contributed by atoms with Crippen LogP contribution in [0.4, 0.5) is 51.3 Å². The Morgan fingerprint density at radius 2 is 1.26 bits per heavy atom. The number of anilines is 2. The number of hydrogen-bond acceptors (Lipinski definition) is 2. The number of urea groups is 1. The van der Waals surface area contributed by atoms with Crippen molar-refractivity contribution in [2.24, 2.45) is 5.73 Å². The lowest BCUT2D eigenvalue weighted by molar-refractivity contribution is -0.140. The van der Waals surface area contributed by atoms with Gasteiger partial charge >= 0.3 is 18.4 Å². The summed E-state index contributed by atoms with van der Waals surface area (Å²) in [5, 5.41) is 1.92. The van der Waals surface area contributed by atoms with Gasteiger partial charge in [0.1, 0.15) is 11.6 Å². The molecule has 0 aliphatic heterocycles. The van der Waals surface area contributed by atoms with E-state index in [1.165, 1.54) is 0 Å². The zero-order valence-corrected chi connectivity index (χ0v) is 13.1. The number of benzene rings is 2. The Kier molecular flexibility index (Phi) is 6.60. The molecule has 0 radical (unpaired) electrons. The Hall–Kier alpha value is -3.05. The van der Waals surface area contributed by atoms with Crippen molar-refractivity contribution < 1.29 is 39.9 Å². The van der Waals surface area contributed by atoms with Crippen LogP contribution in [0, 0.1) is 11.6 Å². The number of carbonyl (C=O) groups is 1. The molecule has 2 aromatic rings. The summed E-state index contributed by atoms with van der Waals surface area (Å²) < 4.78 is 97.6. The van der Waals surface area contributed by atoms with Gasteiger partial charge in [0.05, 0.1) is 11.1 Å². The second-order valence-electron chi connectivity index (χ2n) is 4.92. The van der Waals surface area contributed by atoms with Crippen LogP contribution in [0.5, 0.6) is 0 Å². The number of primary amides is 1. The van der Waals surface area contributed by atoms with E-state index in [0.717, 1.165) is 12.1 Å². The van der Waals surface area contributed by atoms with E-state index in [-0.39, 0.29) is 11.4 Å². The van der Waals surface area contributed by atoms with Gasteiger partial charge in [0.25, 0.3) is 0 Å². The summed E-state index contributed by atoms with van der Waals surface area (Å²) in [6, 6.07) is 3.37. The lowest BCUT2D eigenvalue weighted by Crippen LogP contribution is -2.20. The topological polar surface area (TPSA) is 81.1 Å². The number of rotatable bonds is 1. The monoisotopic (exact) mass is 401 g/mol. The molecule has 27 heavy (non-hydrogen) atoms. The summed E-state index contributed by atoms with van der Waals surface area (Å²) in [4.78, 5) is 10.4. The van der Waals surface area contributed by atoms with Crippen molar-refractivity contribution in [3.63, 3.8) is 0 Å². The fraction of sp³-hybridized carbons (Fsp3) is 0.133. The molecule has 0 unspecified atom stereocenters. The van der Waals surface area contributed by atoms with Crippen LogP contribution in [0.1, 0.15) is 11.1 Å². The highest BCUT2D eigenvalue weighted by Crippen LogP contribution is 2.33.